The summed E-state index contributed by atoms with van der Waals surface area (Å²) in [7, 11) is 0. The number of aliphatic hydroxyl groups excluding tert-OH is 3. The maximum absolute atomic E-state index is 13.5. The van der Waals surface area contributed by atoms with Crippen LogP contribution >= 0.6 is 11.8 Å². The summed E-state index contributed by atoms with van der Waals surface area (Å²) in [6, 6.07) is 3.01. The zero-order chi connectivity index (χ0) is 13.3. The van der Waals surface area contributed by atoms with Crippen LogP contribution in [0.2, 0.25) is 0 Å². The van der Waals surface area contributed by atoms with Crippen molar-refractivity contribution in [3.8, 4) is 5.75 Å². The SMILES string of the molecule is Cc1ccc(O[C@@H]2SC[C@@H](O)[C@H](O)[C@H]2O)c(F)n1. The van der Waals surface area contributed by atoms with Crippen molar-refractivity contribution in [2.24, 2.45) is 0 Å². The van der Waals surface area contributed by atoms with E-state index in [9.17, 15) is 19.7 Å². The van der Waals surface area contributed by atoms with Gasteiger partial charge in [-0.15, -0.1) is 11.8 Å². The Labute approximate surface area is 108 Å². The monoisotopic (exact) mass is 275 g/mol. The molecule has 0 radical (unpaired) electrons. The highest BCUT2D eigenvalue weighted by atomic mass is 32.2. The number of aryl methyl sites for hydroxylation is 1. The van der Waals surface area contributed by atoms with Gasteiger partial charge in [-0.3, -0.25) is 0 Å². The summed E-state index contributed by atoms with van der Waals surface area (Å²) < 4.78 is 18.7. The van der Waals surface area contributed by atoms with Crippen molar-refractivity contribution in [2.45, 2.75) is 30.7 Å². The molecule has 5 nitrogen and oxygen atoms in total. The molecular formula is C11H14FNO4S. The Hall–Kier alpha value is -0.890. The number of aliphatic hydroxyl groups is 3. The second kappa shape index (κ2) is 5.40. The van der Waals surface area contributed by atoms with Gasteiger partial charge in [0.1, 0.15) is 12.2 Å². The van der Waals surface area contributed by atoms with Crippen molar-refractivity contribution in [3.63, 3.8) is 0 Å². The van der Waals surface area contributed by atoms with Gasteiger partial charge in [0, 0.05) is 11.4 Å². The third kappa shape index (κ3) is 2.74. The molecule has 1 aliphatic rings. The summed E-state index contributed by atoms with van der Waals surface area (Å²) in [4.78, 5) is 3.60. The lowest BCUT2D eigenvalue weighted by Crippen LogP contribution is -2.50. The minimum absolute atomic E-state index is 0.0826. The first-order chi connectivity index (χ1) is 8.49. The van der Waals surface area contributed by atoms with Crippen molar-refractivity contribution in [1.82, 2.24) is 4.98 Å². The number of nitrogens with zero attached hydrogens (tertiary/aromatic N) is 1. The Balaban J connectivity index is 2.09. The van der Waals surface area contributed by atoms with E-state index in [0.29, 0.717) is 5.69 Å². The van der Waals surface area contributed by atoms with Gasteiger partial charge in [-0.05, 0) is 19.1 Å². The van der Waals surface area contributed by atoms with Gasteiger partial charge in [0.25, 0.3) is 5.95 Å². The van der Waals surface area contributed by atoms with E-state index >= 15 is 0 Å². The molecule has 1 saturated heterocycles. The molecule has 18 heavy (non-hydrogen) atoms. The fourth-order valence-electron chi connectivity index (χ4n) is 1.61. The quantitative estimate of drug-likeness (QED) is 0.662. The molecule has 2 heterocycles. The van der Waals surface area contributed by atoms with Gasteiger partial charge in [0.15, 0.2) is 11.2 Å². The summed E-state index contributed by atoms with van der Waals surface area (Å²) in [5.74, 6) is -0.631. The van der Waals surface area contributed by atoms with Crippen LogP contribution in [0.4, 0.5) is 4.39 Å². The van der Waals surface area contributed by atoms with Crippen LogP contribution in [0.25, 0.3) is 0 Å². The number of hydrogen-bond acceptors (Lipinski definition) is 6. The highest BCUT2D eigenvalue weighted by Gasteiger charge is 2.38. The third-order valence-corrected chi connectivity index (χ3v) is 3.89. The van der Waals surface area contributed by atoms with Gasteiger partial charge >= 0.3 is 0 Å². The molecule has 1 aromatic rings. The van der Waals surface area contributed by atoms with E-state index in [0.717, 1.165) is 11.8 Å². The lowest BCUT2D eigenvalue weighted by atomic mass is 10.1. The van der Waals surface area contributed by atoms with E-state index in [2.05, 4.69) is 4.98 Å². The lowest BCUT2D eigenvalue weighted by Gasteiger charge is -2.34. The van der Waals surface area contributed by atoms with E-state index in [4.69, 9.17) is 4.74 Å². The first kappa shape index (κ1) is 13.5. The molecule has 0 saturated carbocycles. The minimum atomic E-state index is -1.29. The molecule has 100 valence electrons. The molecule has 1 aliphatic heterocycles. The molecule has 2 rings (SSSR count). The molecule has 1 fully saturated rings. The molecule has 0 aliphatic carbocycles. The molecule has 4 atom stereocenters. The van der Waals surface area contributed by atoms with Crippen LogP contribution < -0.4 is 4.74 Å². The third-order valence-electron chi connectivity index (χ3n) is 2.65. The number of ether oxygens (including phenoxy) is 1. The minimum Gasteiger partial charge on any atom is -0.472 e. The van der Waals surface area contributed by atoms with Crippen molar-refractivity contribution in [3.05, 3.63) is 23.8 Å². The fraction of sp³-hybridized carbons (Fsp3) is 0.545. The summed E-state index contributed by atoms with van der Waals surface area (Å²) >= 11 is 1.11. The number of pyridine rings is 1. The molecule has 0 amide bonds. The highest BCUT2D eigenvalue weighted by Crippen LogP contribution is 2.29. The molecule has 1 aromatic heterocycles. The summed E-state index contributed by atoms with van der Waals surface area (Å²) in [5.41, 5.74) is -0.311. The molecule has 7 heteroatoms. The smallest absolute Gasteiger partial charge is 0.255 e. The molecular weight excluding hydrogens is 261 g/mol. The maximum atomic E-state index is 13.5. The van der Waals surface area contributed by atoms with Gasteiger partial charge in [0.05, 0.1) is 6.10 Å². The van der Waals surface area contributed by atoms with Gasteiger partial charge in [0.2, 0.25) is 0 Å². The van der Waals surface area contributed by atoms with E-state index in [1.165, 1.54) is 6.07 Å². The number of hydrogen-bond donors (Lipinski definition) is 3. The van der Waals surface area contributed by atoms with E-state index in [1.807, 2.05) is 0 Å². The topological polar surface area (TPSA) is 82.8 Å². The lowest BCUT2D eigenvalue weighted by molar-refractivity contribution is -0.0790. The van der Waals surface area contributed by atoms with E-state index < -0.39 is 29.7 Å². The standard InChI is InChI=1S/C11H14FNO4S/c1-5-2-3-7(10(12)13-5)17-11-9(16)8(15)6(14)4-18-11/h2-3,6,8-9,11,14-16H,4H2,1H3/t6-,8+,9-,11-/m1/s1. The van der Waals surface area contributed by atoms with Crippen LogP contribution in [0.5, 0.6) is 5.75 Å². The highest BCUT2D eigenvalue weighted by molar-refractivity contribution is 7.99. The predicted octanol–water partition coefficient (Wildman–Crippen LogP) is 0.0635. The Bertz CT molecular complexity index is 434. The van der Waals surface area contributed by atoms with Crippen LogP contribution in [0.3, 0.4) is 0 Å². The van der Waals surface area contributed by atoms with Crippen LogP contribution in [0, 0.1) is 12.9 Å². The van der Waals surface area contributed by atoms with Crippen molar-refractivity contribution < 1.29 is 24.4 Å². The molecule has 0 spiro atoms. The average molecular weight is 275 g/mol. The van der Waals surface area contributed by atoms with E-state index in [-0.39, 0.29) is 11.5 Å². The van der Waals surface area contributed by atoms with Gasteiger partial charge in [-0.2, -0.15) is 4.39 Å². The molecule has 0 aromatic carbocycles. The zero-order valence-electron chi connectivity index (χ0n) is 9.65. The average Bonchev–Trinajstić information content (AvgIpc) is 2.33. The van der Waals surface area contributed by atoms with Gasteiger partial charge in [-0.1, -0.05) is 0 Å². The summed E-state index contributed by atoms with van der Waals surface area (Å²) in [5, 5.41) is 28.6. The summed E-state index contributed by atoms with van der Waals surface area (Å²) in [6.45, 7) is 1.65. The Morgan fingerprint density at radius 2 is 2.06 bits per heavy atom. The largest absolute Gasteiger partial charge is 0.472 e. The number of thioether (sulfide) groups is 1. The second-order valence-corrected chi connectivity index (χ2v) is 5.24. The van der Waals surface area contributed by atoms with Crippen LogP contribution in [0.1, 0.15) is 5.69 Å². The first-order valence-corrected chi connectivity index (χ1v) is 6.49. The van der Waals surface area contributed by atoms with Crippen molar-refractivity contribution in [1.29, 1.82) is 0 Å². The molecule has 3 N–H and O–H groups in total. The summed E-state index contributed by atoms with van der Waals surface area (Å²) in [6.07, 6.45) is -3.58. The Kier molecular flexibility index (Phi) is 4.06. The number of aromatic nitrogens is 1. The van der Waals surface area contributed by atoms with Crippen LogP contribution in [-0.4, -0.2) is 49.8 Å². The fourth-order valence-corrected chi connectivity index (χ4v) is 2.72. The molecule has 0 bridgehead atoms. The number of rotatable bonds is 2. The Morgan fingerprint density at radius 3 is 2.72 bits per heavy atom. The zero-order valence-corrected chi connectivity index (χ0v) is 10.5. The maximum Gasteiger partial charge on any atom is 0.255 e. The van der Waals surface area contributed by atoms with Gasteiger partial charge in [-0.25, -0.2) is 4.98 Å². The number of halogens is 1. The molecule has 0 unspecified atom stereocenters. The second-order valence-electron chi connectivity index (χ2n) is 4.11. The Morgan fingerprint density at radius 1 is 1.33 bits per heavy atom. The van der Waals surface area contributed by atoms with Crippen LogP contribution in [-0.2, 0) is 0 Å². The predicted molar refractivity (Wildman–Crippen MR) is 63.8 cm³/mol. The van der Waals surface area contributed by atoms with Crippen molar-refractivity contribution in [2.75, 3.05) is 5.75 Å². The van der Waals surface area contributed by atoms with Crippen molar-refractivity contribution >= 4 is 11.8 Å². The normalized spacial score (nSPS) is 32.3. The van der Waals surface area contributed by atoms with Gasteiger partial charge < -0.3 is 20.1 Å². The van der Waals surface area contributed by atoms with E-state index in [1.54, 1.807) is 13.0 Å². The first-order valence-electron chi connectivity index (χ1n) is 5.44. The van der Waals surface area contributed by atoms with Crippen LogP contribution in [0.15, 0.2) is 12.1 Å².